The van der Waals surface area contributed by atoms with Crippen molar-refractivity contribution in [1.82, 2.24) is 19.6 Å². The highest BCUT2D eigenvalue weighted by Gasteiger charge is 2.21. The minimum absolute atomic E-state index is 0.166. The molecule has 6 heteroatoms. The Morgan fingerprint density at radius 1 is 1.55 bits per heavy atom. The van der Waals surface area contributed by atoms with Gasteiger partial charge in [0.2, 0.25) is 0 Å². The number of nitrogens with zero attached hydrogens (tertiary/aromatic N) is 4. The quantitative estimate of drug-likeness (QED) is 0.930. The lowest BCUT2D eigenvalue weighted by Crippen LogP contribution is -2.47. The van der Waals surface area contributed by atoms with Crippen LogP contribution >= 0.6 is 0 Å². The van der Waals surface area contributed by atoms with Crippen molar-refractivity contribution in [3.63, 3.8) is 0 Å². The molecule has 0 aliphatic carbocycles. The standard InChI is InChI=1S/C16H19N5O/c1-2-20-7-3-4-12(10-20)19-16(22)15-11-21-13(8-17)5-6-14(21)9-18-15/h5-6,9,11-12H,2-4,7,10H2,1H3,(H,19,22)/t12-/m1/s1. The van der Waals surface area contributed by atoms with Gasteiger partial charge in [-0.15, -0.1) is 0 Å². The summed E-state index contributed by atoms with van der Waals surface area (Å²) in [7, 11) is 0. The molecule has 1 atom stereocenters. The SMILES string of the molecule is CCN1CCC[C@@H](NC(=O)c2cn3c(C#N)ccc3cn2)C1. The third-order valence-electron chi connectivity index (χ3n) is 4.17. The van der Waals surface area contributed by atoms with E-state index in [0.29, 0.717) is 11.4 Å². The van der Waals surface area contributed by atoms with Crippen molar-refractivity contribution in [3.8, 4) is 6.07 Å². The van der Waals surface area contributed by atoms with Crippen LogP contribution in [0, 0.1) is 11.3 Å². The molecule has 2 aromatic heterocycles. The monoisotopic (exact) mass is 297 g/mol. The molecule has 0 unspecified atom stereocenters. The van der Waals surface area contributed by atoms with Gasteiger partial charge in [-0.3, -0.25) is 4.79 Å². The van der Waals surface area contributed by atoms with E-state index < -0.39 is 0 Å². The first kappa shape index (κ1) is 14.5. The second kappa shape index (κ2) is 6.16. The first-order valence-electron chi connectivity index (χ1n) is 7.61. The third kappa shape index (κ3) is 2.81. The lowest BCUT2D eigenvalue weighted by Gasteiger charge is -2.32. The highest BCUT2D eigenvalue weighted by Crippen LogP contribution is 2.12. The van der Waals surface area contributed by atoms with Crippen LogP contribution in [0.3, 0.4) is 0 Å². The molecule has 1 saturated heterocycles. The molecule has 22 heavy (non-hydrogen) atoms. The Morgan fingerprint density at radius 3 is 3.18 bits per heavy atom. The lowest BCUT2D eigenvalue weighted by atomic mass is 10.1. The van der Waals surface area contributed by atoms with E-state index in [0.717, 1.165) is 38.0 Å². The number of piperidine rings is 1. The fourth-order valence-corrected chi connectivity index (χ4v) is 2.93. The number of nitrogens with one attached hydrogen (secondary N) is 1. The molecule has 1 N–H and O–H groups in total. The zero-order valence-corrected chi connectivity index (χ0v) is 12.6. The molecule has 0 saturated carbocycles. The molecule has 3 heterocycles. The van der Waals surface area contributed by atoms with Gasteiger partial charge in [-0.2, -0.15) is 5.26 Å². The maximum atomic E-state index is 12.4. The molecule has 0 aromatic carbocycles. The topological polar surface area (TPSA) is 73.4 Å². The van der Waals surface area contributed by atoms with Gasteiger partial charge in [0.15, 0.2) is 0 Å². The molecule has 0 radical (unpaired) electrons. The summed E-state index contributed by atoms with van der Waals surface area (Å²) in [6.07, 6.45) is 5.34. The van der Waals surface area contributed by atoms with Gasteiger partial charge >= 0.3 is 0 Å². The van der Waals surface area contributed by atoms with Crippen LogP contribution in [0.15, 0.2) is 24.5 Å². The summed E-state index contributed by atoms with van der Waals surface area (Å²) in [5.74, 6) is -0.178. The van der Waals surface area contributed by atoms with Crippen molar-refractivity contribution in [2.24, 2.45) is 0 Å². The maximum absolute atomic E-state index is 12.4. The number of amides is 1. The van der Waals surface area contributed by atoms with Crippen LogP contribution in [-0.4, -0.2) is 45.9 Å². The number of fused-ring (bicyclic) bond motifs is 1. The van der Waals surface area contributed by atoms with Crippen LogP contribution in [0.2, 0.25) is 0 Å². The molecule has 2 aromatic rings. The van der Waals surface area contributed by atoms with Crippen molar-refractivity contribution < 1.29 is 4.79 Å². The van der Waals surface area contributed by atoms with Crippen LogP contribution in [0.25, 0.3) is 5.52 Å². The zero-order chi connectivity index (χ0) is 15.5. The van der Waals surface area contributed by atoms with Crippen molar-refractivity contribution in [3.05, 3.63) is 35.9 Å². The maximum Gasteiger partial charge on any atom is 0.271 e. The fraction of sp³-hybridized carbons (Fsp3) is 0.438. The van der Waals surface area contributed by atoms with Crippen LogP contribution in [-0.2, 0) is 0 Å². The average molecular weight is 297 g/mol. The molecular formula is C16H19N5O. The second-order valence-corrected chi connectivity index (χ2v) is 5.60. The van der Waals surface area contributed by atoms with E-state index in [1.54, 1.807) is 22.9 Å². The number of carbonyl (C=O) groups excluding carboxylic acids is 1. The largest absolute Gasteiger partial charge is 0.347 e. The fourth-order valence-electron chi connectivity index (χ4n) is 2.93. The number of aromatic nitrogens is 2. The summed E-state index contributed by atoms with van der Waals surface area (Å²) >= 11 is 0. The molecule has 1 amide bonds. The Bertz CT molecular complexity index is 730. The predicted molar refractivity (Wildman–Crippen MR) is 82.5 cm³/mol. The van der Waals surface area contributed by atoms with Crippen LogP contribution < -0.4 is 5.32 Å². The summed E-state index contributed by atoms with van der Waals surface area (Å²) in [5.41, 5.74) is 1.65. The Kier molecular flexibility index (Phi) is 4.07. The van der Waals surface area contributed by atoms with Crippen molar-refractivity contribution in [1.29, 1.82) is 5.26 Å². The van der Waals surface area contributed by atoms with Crippen LogP contribution in [0.1, 0.15) is 35.9 Å². The number of hydrogen-bond donors (Lipinski definition) is 1. The smallest absolute Gasteiger partial charge is 0.271 e. The van der Waals surface area contributed by atoms with E-state index in [4.69, 9.17) is 5.26 Å². The first-order chi connectivity index (χ1) is 10.7. The van der Waals surface area contributed by atoms with Gasteiger partial charge in [0.05, 0.1) is 11.7 Å². The minimum atomic E-state index is -0.178. The Balaban J connectivity index is 1.76. The average Bonchev–Trinajstić information content (AvgIpc) is 2.97. The molecule has 3 rings (SSSR count). The van der Waals surface area contributed by atoms with Gasteiger partial charge in [-0.1, -0.05) is 6.92 Å². The Morgan fingerprint density at radius 2 is 2.41 bits per heavy atom. The van der Waals surface area contributed by atoms with Crippen LogP contribution in [0.4, 0.5) is 0 Å². The zero-order valence-electron chi connectivity index (χ0n) is 12.6. The number of carbonyl (C=O) groups is 1. The van der Waals surface area contributed by atoms with E-state index >= 15 is 0 Å². The Labute approximate surface area is 129 Å². The van der Waals surface area contributed by atoms with Gasteiger partial charge in [0.25, 0.3) is 5.91 Å². The summed E-state index contributed by atoms with van der Waals surface area (Å²) in [6.45, 7) is 5.13. The van der Waals surface area contributed by atoms with Crippen molar-refractivity contribution in [2.75, 3.05) is 19.6 Å². The first-order valence-corrected chi connectivity index (χ1v) is 7.61. The number of nitriles is 1. The molecule has 0 bridgehead atoms. The number of likely N-dealkylation sites (N-methyl/N-ethyl adjacent to an activating group) is 1. The van der Waals surface area contributed by atoms with E-state index in [-0.39, 0.29) is 11.9 Å². The normalized spacial score (nSPS) is 19.0. The molecule has 1 aliphatic rings. The molecule has 1 fully saturated rings. The molecular weight excluding hydrogens is 278 g/mol. The summed E-state index contributed by atoms with van der Waals surface area (Å²) in [5, 5.41) is 12.1. The van der Waals surface area contributed by atoms with Crippen LogP contribution in [0.5, 0.6) is 0 Å². The van der Waals surface area contributed by atoms with E-state index in [2.05, 4.69) is 28.2 Å². The van der Waals surface area contributed by atoms with Gasteiger partial charge in [0.1, 0.15) is 17.5 Å². The van der Waals surface area contributed by atoms with Gasteiger partial charge in [0, 0.05) is 18.8 Å². The molecule has 6 nitrogen and oxygen atoms in total. The van der Waals surface area contributed by atoms with E-state index in [1.165, 1.54) is 0 Å². The minimum Gasteiger partial charge on any atom is -0.347 e. The van der Waals surface area contributed by atoms with Crippen molar-refractivity contribution in [2.45, 2.75) is 25.8 Å². The van der Waals surface area contributed by atoms with E-state index in [9.17, 15) is 4.79 Å². The number of likely N-dealkylation sites (tertiary alicyclic amines) is 1. The Hall–Kier alpha value is -2.39. The summed E-state index contributed by atoms with van der Waals surface area (Å²) in [4.78, 5) is 18.9. The van der Waals surface area contributed by atoms with Gasteiger partial charge in [-0.25, -0.2) is 4.98 Å². The van der Waals surface area contributed by atoms with Crippen molar-refractivity contribution >= 4 is 11.4 Å². The third-order valence-corrected chi connectivity index (χ3v) is 4.17. The lowest BCUT2D eigenvalue weighted by molar-refractivity contribution is 0.0900. The molecule has 1 aliphatic heterocycles. The number of hydrogen-bond acceptors (Lipinski definition) is 4. The summed E-state index contributed by atoms with van der Waals surface area (Å²) < 4.78 is 1.70. The van der Waals surface area contributed by atoms with Gasteiger partial charge in [-0.05, 0) is 38.1 Å². The molecule has 0 spiro atoms. The van der Waals surface area contributed by atoms with Gasteiger partial charge < -0.3 is 14.6 Å². The second-order valence-electron chi connectivity index (χ2n) is 5.60. The molecule has 114 valence electrons. The predicted octanol–water partition coefficient (Wildman–Crippen LogP) is 1.42. The summed E-state index contributed by atoms with van der Waals surface area (Å²) in [6, 6.07) is 5.81. The highest BCUT2D eigenvalue weighted by atomic mass is 16.2. The number of rotatable bonds is 3. The van der Waals surface area contributed by atoms with E-state index in [1.807, 2.05) is 6.07 Å². The highest BCUT2D eigenvalue weighted by molar-refractivity contribution is 5.92.